The molecular formula is C6H7F2N3O2. The van der Waals surface area contributed by atoms with Crippen LogP contribution in [0.1, 0.15) is 10.5 Å². The van der Waals surface area contributed by atoms with Gasteiger partial charge in [0.1, 0.15) is 0 Å². The number of hydrogen-bond donors (Lipinski definition) is 1. The van der Waals surface area contributed by atoms with Gasteiger partial charge in [0.05, 0.1) is 0 Å². The summed E-state index contributed by atoms with van der Waals surface area (Å²) in [4.78, 5) is 10.6. The first kappa shape index (κ1) is 9.43. The molecule has 1 heterocycles. The van der Waals surface area contributed by atoms with Gasteiger partial charge in [-0.3, -0.25) is 4.79 Å². The summed E-state index contributed by atoms with van der Waals surface area (Å²) in [6.45, 7) is -2.95. The van der Waals surface area contributed by atoms with E-state index in [1.54, 1.807) is 0 Å². The van der Waals surface area contributed by atoms with Crippen LogP contribution < -0.4 is 10.5 Å². The quantitative estimate of drug-likeness (QED) is 0.737. The van der Waals surface area contributed by atoms with Crippen molar-refractivity contribution in [2.75, 3.05) is 0 Å². The Balaban J connectivity index is 2.90. The number of ether oxygens (including phenoxy) is 1. The summed E-state index contributed by atoms with van der Waals surface area (Å²) < 4.78 is 28.5. The number of aromatic nitrogens is 2. The minimum atomic E-state index is -2.95. The Labute approximate surface area is 72.1 Å². The van der Waals surface area contributed by atoms with Crippen LogP contribution in [0.25, 0.3) is 0 Å². The Kier molecular flexibility index (Phi) is 2.45. The first-order valence-corrected chi connectivity index (χ1v) is 3.29. The highest BCUT2D eigenvalue weighted by Crippen LogP contribution is 2.14. The zero-order chi connectivity index (χ0) is 10.0. The SMILES string of the molecule is Cn1nc(C(N)=O)cc1OC(F)F. The number of rotatable bonds is 3. The zero-order valence-electron chi connectivity index (χ0n) is 6.70. The molecule has 0 unspecified atom stereocenters. The largest absolute Gasteiger partial charge is 0.417 e. The molecule has 0 aliphatic rings. The van der Waals surface area contributed by atoms with Crippen LogP contribution in [0.3, 0.4) is 0 Å². The Morgan fingerprint density at radius 1 is 1.77 bits per heavy atom. The van der Waals surface area contributed by atoms with Crippen LogP contribution in [-0.2, 0) is 7.05 Å². The lowest BCUT2D eigenvalue weighted by molar-refractivity contribution is -0.0553. The normalized spacial score (nSPS) is 10.5. The lowest BCUT2D eigenvalue weighted by atomic mass is 10.4. The monoisotopic (exact) mass is 191 g/mol. The van der Waals surface area contributed by atoms with E-state index in [-0.39, 0.29) is 11.6 Å². The molecule has 7 heteroatoms. The van der Waals surface area contributed by atoms with Gasteiger partial charge in [0.25, 0.3) is 5.91 Å². The molecule has 1 rings (SSSR count). The minimum Gasteiger partial charge on any atom is -0.417 e. The molecule has 5 nitrogen and oxygen atoms in total. The van der Waals surface area contributed by atoms with Crippen LogP contribution in [0.5, 0.6) is 5.88 Å². The summed E-state index contributed by atoms with van der Waals surface area (Å²) >= 11 is 0. The second kappa shape index (κ2) is 3.38. The van der Waals surface area contributed by atoms with Gasteiger partial charge in [-0.15, -0.1) is 0 Å². The van der Waals surface area contributed by atoms with Crippen molar-refractivity contribution in [3.05, 3.63) is 11.8 Å². The van der Waals surface area contributed by atoms with E-state index in [1.165, 1.54) is 7.05 Å². The van der Waals surface area contributed by atoms with E-state index in [2.05, 4.69) is 9.84 Å². The van der Waals surface area contributed by atoms with Gasteiger partial charge in [0.2, 0.25) is 5.88 Å². The number of carbonyl (C=O) groups excluding carboxylic acids is 1. The van der Waals surface area contributed by atoms with Gasteiger partial charge in [-0.05, 0) is 0 Å². The van der Waals surface area contributed by atoms with Crippen molar-refractivity contribution in [3.8, 4) is 5.88 Å². The Hall–Kier alpha value is -1.66. The van der Waals surface area contributed by atoms with Crippen LogP contribution in [-0.4, -0.2) is 22.3 Å². The van der Waals surface area contributed by atoms with Crippen LogP contribution in [0, 0.1) is 0 Å². The number of halogens is 2. The van der Waals surface area contributed by atoms with Crippen molar-refractivity contribution in [3.63, 3.8) is 0 Å². The molecule has 0 fully saturated rings. The van der Waals surface area contributed by atoms with Gasteiger partial charge in [-0.1, -0.05) is 0 Å². The molecule has 72 valence electrons. The van der Waals surface area contributed by atoms with Gasteiger partial charge in [-0.2, -0.15) is 13.9 Å². The average molecular weight is 191 g/mol. The average Bonchev–Trinajstić information content (AvgIpc) is 2.31. The summed E-state index contributed by atoms with van der Waals surface area (Å²) in [6, 6.07) is 1.05. The molecule has 1 aromatic rings. The third kappa shape index (κ3) is 2.14. The first-order valence-electron chi connectivity index (χ1n) is 3.29. The highest BCUT2D eigenvalue weighted by atomic mass is 19.3. The number of nitrogens with two attached hydrogens (primary N) is 1. The fourth-order valence-corrected chi connectivity index (χ4v) is 0.772. The van der Waals surface area contributed by atoms with Crippen molar-refractivity contribution in [1.29, 1.82) is 0 Å². The molecule has 0 aromatic carbocycles. The molecule has 0 spiro atoms. The van der Waals surface area contributed by atoms with Crippen molar-refractivity contribution < 1.29 is 18.3 Å². The van der Waals surface area contributed by atoms with E-state index in [4.69, 9.17) is 5.73 Å². The summed E-state index contributed by atoms with van der Waals surface area (Å²) in [5, 5.41) is 3.55. The van der Waals surface area contributed by atoms with Crippen LogP contribution in [0.4, 0.5) is 8.78 Å². The lowest BCUT2D eigenvalue weighted by Gasteiger charge is -2.01. The maximum Gasteiger partial charge on any atom is 0.388 e. The smallest absolute Gasteiger partial charge is 0.388 e. The van der Waals surface area contributed by atoms with E-state index < -0.39 is 12.5 Å². The van der Waals surface area contributed by atoms with Gasteiger partial charge in [-0.25, -0.2) is 4.68 Å². The molecule has 1 amide bonds. The van der Waals surface area contributed by atoms with Crippen molar-refractivity contribution in [2.45, 2.75) is 6.61 Å². The van der Waals surface area contributed by atoms with Gasteiger partial charge in [0.15, 0.2) is 5.69 Å². The van der Waals surface area contributed by atoms with E-state index in [1.807, 2.05) is 0 Å². The second-order valence-corrected chi connectivity index (χ2v) is 2.23. The predicted molar refractivity (Wildman–Crippen MR) is 38.4 cm³/mol. The number of amides is 1. The molecule has 0 radical (unpaired) electrons. The number of primary amides is 1. The van der Waals surface area contributed by atoms with Crippen molar-refractivity contribution in [2.24, 2.45) is 12.8 Å². The number of nitrogens with zero attached hydrogens (tertiary/aromatic N) is 2. The summed E-state index contributed by atoms with van der Waals surface area (Å²) in [6.07, 6.45) is 0. The van der Waals surface area contributed by atoms with Crippen molar-refractivity contribution in [1.82, 2.24) is 9.78 Å². The molecular weight excluding hydrogens is 184 g/mol. The molecule has 0 bridgehead atoms. The number of hydrogen-bond acceptors (Lipinski definition) is 3. The highest BCUT2D eigenvalue weighted by molar-refractivity contribution is 5.91. The standard InChI is InChI=1S/C6H7F2N3O2/c1-11-4(13-6(7)8)2-3(10-11)5(9)12/h2,6H,1H3,(H2,9,12). The highest BCUT2D eigenvalue weighted by Gasteiger charge is 2.13. The maximum atomic E-state index is 11.7. The zero-order valence-corrected chi connectivity index (χ0v) is 6.70. The molecule has 13 heavy (non-hydrogen) atoms. The number of alkyl halides is 2. The van der Waals surface area contributed by atoms with E-state index in [9.17, 15) is 13.6 Å². The summed E-state index contributed by atoms with van der Waals surface area (Å²) in [5.74, 6) is -0.997. The topological polar surface area (TPSA) is 70.1 Å². The van der Waals surface area contributed by atoms with E-state index >= 15 is 0 Å². The summed E-state index contributed by atoms with van der Waals surface area (Å²) in [7, 11) is 1.37. The second-order valence-electron chi connectivity index (χ2n) is 2.23. The molecule has 2 N–H and O–H groups in total. The molecule has 1 aromatic heterocycles. The Bertz CT molecular complexity index is 324. The fourth-order valence-electron chi connectivity index (χ4n) is 0.772. The molecule has 0 aliphatic heterocycles. The van der Waals surface area contributed by atoms with Crippen molar-refractivity contribution >= 4 is 5.91 Å². The van der Waals surface area contributed by atoms with E-state index in [0.717, 1.165) is 10.7 Å². The predicted octanol–water partition coefficient (Wildman–Crippen LogP) is 0.120. The molecule has 0 saturated carbocycles. The minimum absolute atomic E-state index is 0.113. The first-order chi connectivity index (χ1) is 6.00. The lowest BCUT2D eigenvalue weighted by Crippen LogP contribution is -2.11. The maximum absolute atomic E-state index is 11.7. The van der Waals surface area contributed by atoms with E-state index in [0.29, 0.717) is 0 Å². The van der Waals surface area contributed by atoms with Crippen LogP contribution >= 0.6 is 0 Å². The Morgan fingerprint density at radius 2 is 2.38 bits per heavy atom. The number of carbonyl (C=O) groups is 1. The molecule has 0 saturated heterocycles. The van der Waals surface area contributed by atoms with Crippen LogP contribution in [0.2, 0.25) is 0 Å². The van der Waals surface area contributed by atoms with Gasteiger partial charge in [0, 0.05) is 13.1 Å². The van der Waals surface area contributed by atoms with Gasteiger partial charge >= 0.3 is 6.61 Å². The van der Waals surface area contributed by atoms with Crippen LogP contribution in [0.15, 0.2) is 6.07 Å². The van der Waals surface area contributed by atoms with Gasteiger partial charge < -0.3 is 10.5 Å². The third-order valence-corrected chi connectivity index (χ3v) is 1.30. The third-order valence-electron chi connectivity index (χ3n) is 1.30. The Morgan fingerprint density at radius 3 is 2.77 bits per heavy atom. The molecule has 0 atom stereocenters. The number of aryl methyl sites for hydroxylation is 1. The molecule has 0 aliphatic carbocycles. The summed E-state index contributed by atoms with van der Waals surface area (Å²) in [5.41, 5.74) is 4.76. The fraction of sp³-hybridized carbons (Fsp3) is 0.333.